The Morgan fingerprint density at radius 1 is 1.25 bits per heavy atom. The molecule has 1 aliphatic heterocycles. The van der Waals surface area contributed by atoms with Crippen LogP contribution < -0.4 is 4.74 Å². The van der Waals surface area contributed by atoms with Gasteiger partial charge in [-0.05, 0) is 66.6 Å². The number of H-pyrrole nitrogens is 1. The number of carbonyl (C=O) groups is 1. The number of carbonyl (C=O) groups excluding carboxylic acids is 1. The van der Waals surface area contributed by atoms with Crippen LogP contribution in [0, 0.1) is 6.92 Å². The highest BCUT2D eigenvalue weighted by atomic mass is 32.2. The minimum Gasteiger partial charge on any atom is -0.497 e. The standard InChI is InChI=1S/C24H22N4O3S/c1-15-5-10-18-20(12-15)26-24(25-18)32-14-23(29)28-21(22-4-3-11-31-22)13-19(27-28)16-6-8-17(30-2)9-7-16/h3-12,21H,13-14H2,1-2H3,(H,25,26)/t21-/m0/s1. The number of benzene rings is 2. The number of fused-ring (bicyclic) bond motifs is 1. The molecule has 5 rings (SSSR count). The quantitative estimate of drug-likeness (QED) is 0.424. The Morgan fingerprint density at radius 2 is 2.09 bits per heavy atom. The fourth-order valence-corrected chi connectivity index (χ4v) is 4.50. The van der Waals surface area contributed by atoms with Crippen LogP contribution in [0.1, 0.15) is 29.3 Å². The number of ether oxygens (including phenoxy) is 1. The van der Waals surface area contributed by atoms with Crippen molar-refractivity contribution in [3.8, 4) is 5.75 Å². The highest BCUT2D eigenvalue weighted by molar-refractivity contribution is 7.99. The molecule has 0 aliphatic carbocycles. The molecular weight excluding hydrogens is 424 g/mol. The first-order valence-corrected chi connectivity index (χ1v) is 11.3. The van der Waals surface area contributed by atoms with Gasteiger partial charge in [0.2, 0.25) is 0 Å². The predicted octanol–water partition coefficient (Wildman–Crippen LogP) is 4.94. The first-order valence-electron chi connectivity index (χ1n) is 10.3. The van der Waals surface area contributed by atoms with Gasteiger partial charge in [-0.2, -0.15) is 5.10 Å². The third kappa shape index (κ3) is 4.01. The van der Waals surface area contributed by atoms with Gasteiger partial charge in [-0.1, -0.05) is 17.8 Å². The fourth-order valence-electron chi connectivity index (χ4n) is 3.77. The van der Waals surface area contributed by atoms with E-state index >= 15 is 0 Å². The second-order valence-corrected chi connectivity index (χ2v) is 8.56. The molecule has 3 heterocycles. The van der Waals surface area contributed by atoms with E-state index in [0.29, 0.717) is 11.6 Å². The lowest BCUT2D eigenvalue weighted by atomic mass is 10.0. The molecule has 1 N–H and O–H groups in total. The molecular formula is C24H22N4O3S. The molecule has 0 fully saturated rings. The van der Waals surface area contributed by atoms with Crippen molar-refractivity contribution in [2.24, 2.45) is 5.10 Å². The normalized spacial score (nSPS) is 15.9. The average Bonchev–Trinajstić information content (AvgIpc) is 3.56. The molecule has 0 saturated carbocycles. The van der Waals surface area contributed by atoms with Gasteiger partial charge in [0.15, 0.2) is 5.16 Å². The van der Waals surface area contributed by atoms with Gasteiger partial charge in [0, 0.05) is 6.42 Å². The first-order chi connectivity index (χ1) is 15.6. The number of aryl methyl sites for hydroxylation is 1. The molecule has 8 heteroatoms. The van der Waals surface area contributed by atoms with E-state index in [1.54, 1.807) is 13.4 Å². The lowest BCUT2D eigenvalue weighted by Gasteiger charge is -2.19. The molecule has 0 bridgehead atoms. The van der Waals surface area contributed by atoms with Crippen molar-refractivity contribution in [2.45, 2.75) is 24.5 Å². The number of imidazole rings is 1. The van der Waals surface area contributed by atoms with Crippen LogP contribution in [0.3, 0.4) is 0 Å². The van der Waals surface area contributed by atoms with E-state index in [-0.39, 0.29) is 17.7 Å². The number of furan rings is 1. The summed E-state index contributed by atoms with van der Waals surface area (Å²) in [5.41, 5.74) is 4.81. The number of rotatable bonds is 6. The highest BCUT2D eigenvalue weighted by Crippen LogP contribution is 2.34. The van der Waals surface area contributed by atoms with Crippen LogP contribution in [0.5, 0.6) is 5.75 Å². The van der Waals surface area contributed by atoms with E-state index in [1.165, 1.54) is 16.8 Å². The van der Waals surface area contributed by atoms with E-state index in [0.717, 1.165) is 39.4 Å². The summed E-state index contributed by atoms with van der Waals surface area (Å²) in [4.78, 5) is 21.0. The zero-order valence-corrected chi connectivity index (χ0v) is 18.6. The summed E-state index contributed by atoms with van der Waals surface area (Å²) in [6.07, 6.45) is 2.20. The van der Waals surface area contributed by atoms with Gasteiger partial charge < -0.3 is 14.1 Å². The minimum absolute atomic E-state index is 0.100. The summed E-state index contributed by atoms with van der Waals surface area (Å²) in [6.45, 7) is 2.04. The molecule has 1 amide bonds. The lowest BCUT2D eigenvalue weighted by Crippen LogP contribution is -2.28. The number of aromatic amines is 1. The number of hydrogen-bond donors (Lipinski definition) is 1. The van der Waals surface area contributed by atoms with Crippen LogP contribution in [0.15, 0.2) is 75.5 Å². The van der Waals surface area contributed by atoms with Gasteiger partial charge in [0.25, 0.3) is 5.91 Å². The molecule has 2 aromatic heterocycles. The van der Waals surface area contributed by atoms with Gasteiger partial charge in [0.05, 0.1) is 35.9 Å². The molecule has 0 radical (unpaired) electrons. The summed E-state index contributed by atoms with van der Waals surface area (Å²) in [7, 11) is 1.64. The number of thioether (sulfide) groups is 1. The van der Waals surface area contributed by atoms with Crippen LogP contribution in [0.2, 0.25) is 0 Å². The van der Waals surface area contributed by atoms with Crippen LogP contribution in [-0.4, -0.2) is 39.5 Å². The monoisotopic (exact) mass is 446 g/mol. The molecule has 1 atom stereocenters. The maximum atomic E-state index is 13.2. The van der Waals surface area contributed by atoms with E-state index in [2.05, 4.69) is 15.1 Å². The van der Waals surface area contributed by atoms with Crippen LogP contribution >= 0.6 is 11.8 Å². The third-order valence-corrected chi connectivity index (χ3v) is 6.27. The maximum absolute atomic E-state index is 13.2. The zero-order valence-electron chi connectivity index (χ0n) is 17.7. The van der Waals surface area contributed by atoms with Crippen molar-refractivity contribution in [2.75, 3.05) is 12.9 Å². The SMILES string of the molecule is COc1ccc(C2=NN(C(=O)CSc3nc4ccc(C)cc4[nH]3)[C@H](c3ccco3)C2)cc1. The van der Waals surface area contributed by atoms with Crippen molar-refractivity contribution < 1.29 is 13.9 Å². The molecule has 0 saturated heterocycles. The molecule has 1 aliphatic rings. The Kier molecular flexibility index (Phi) is 5.45. The van der Waals surface area contributed by atoms with E-state index < -0.39 is 0 Å². The second-order valence-electron chi connectivity index (χ2n) is 7.60. The highest BCUT2D eigenvalue weighted by Gasteiger charge is 2.34. The Morgan fingerprint density at radius 3 is 2.84 bits per heavy atom. The third-order valence-electron chi connectivity index (χ3n) is 5.41. The fraction of sp³-hybridized carbons (Fsp3) is 0.208. The van der Waals surface area contributed by atoms with Gasteiger partial charge in [-0.15, -0.1) is 0 Å². The lowest BCUT2D eigenvalue weighted by molar-refractivity contribution is -0.130. The predicted molar refractivity (Wildman–Crippen MR) is 124 cm³/mol. The maximum Gasteiger partial charge on any atom is 0.253 e. The van der Waals surface area contributed by atoms with Crippen molar-refractivity contribution in [1.82, 2.24) is 15.0 Å². The molecule has 32 heavy (non-hydrogen) atoms. The van der Waals surface area contributed by atoms with Crippen LogP contribution in [0.25, 0.3) is 11.0 Å². The van der Waals surface area contributed by atoms with Gasteiger partial charge in [0.1, 0.15) is 17.6 Å². The smallest absolute Gasteiger partial charge is 0.253 e. The van der Waals surface area contributed by atoms with Crippen LogP contribution in [0.4, 0.5) is 0 Å². The number of nitrogens with one attached hydrogen (secondary N) is 1. The van der Waals surface area contributed by atoms with Crippen LogP contribution in [-0.2, 0) is 4.79 Å². The molecule has 0 spiro atoms. The number of amides is 1. The number of nitrogens with zero attached hydrogens (tertiary/aromatic N) is 3. The minimum atomic E-state index is -0.270. The first kappa shape index (κ1) is 20.4. The second kappa shape index (κ2) is 8.55. The molecule has 4 aromatic rings. The summed E-state index contributed by atoms with van der Waals surface area (Å²) in [6, 6.07) is 17.2. The van der Waals surface area contributed by atoms with Gasteiger partial charge >= 0.3 is 0 Å². The Bertz CT molecular complexity index is 1280. The van der Waals surface area contributed by atoms with Crippen molar-refractivity contribution >= 4 is 34.4 Å². The Hall–Kier alpha value is -3.52. The Balaban J connectivity index is 1.36. The van der Waals surface area contributed by atoms with Crippen molar-refractivity contribution in [1.29, 1.82) is 0 Å². The average molecular weight is 447 g/mol. The molecule has 162 valence electrons. The van der Waals surface area contributed by atoms with Gasteiger partial charge in [-0.3, -0.25) is 4.79 Å². The Labute approximate surface area is 189 Å². The van der Waals surface area contributed by atoms with E-state index in [9.17, 15) is 4.79 Å². The number of hydrogen-bond acceptors (Lipinski definition) is 6. The van der Waals surface area contributed by atoms with E-state index in [1.807, 2.05) is 61.5 Å². The molecule has 7 nitrogen and oxygen atoms in total. The summed E-state index contributed by atoms with van der Waals surface area (Å²) >= 11 is 1.37. The zero-order chi connectivity index (χ0) is 22.1. The summed E-state index contributed by atoms with van der Waals surface area (Å²) in [5.74, 6) is 1.61. The van der Waals surface area contributed by atoms with Crippen molar-refractivity contribution in [3.63, 3.8) is 0 Å². The number of aromatic nitrogens is 2. The van der Waals surface area contributed by atoms with Gasteiger partial charge in [-0.25, -0.2) is 9.99 Å². The number of hydrazone groups is 1. The summed E-state index contributed by atoms with van der Waals surface area (Å²) in [5, 5.41) is 6.93. The largest absolute Gasteiger partial charge is 0.497 e. The van der Waals surface area contributed by atoms with Crippen molar-refractivity contribution in [3.05, 3.63) is 77.7 Å². The number of methoxy groups -OCH3 is 1. The topological polar surface area (TPSA) is 83.7 Å². The van der Waals surface area contributed by atoms with E-state index in [4.69, 9.17) is 9.15 Å². The summed E-state index contributed by atoms with van der Waals surface area (Å²) < 4.78 is 10.9. The molecule has 2 aromatic carbocycles. The molecule has 0 unspecified atom stereocenters.